The molecule has 0 spiro atoms. The highest BCUT2D eigenvalue weighted by molar-refractivity contribution is 6.31. The monoisotopic (exact) mass is 256 g/mol. The van der Waals surface area contributed by atoms with Gasteiger partial charge in [-0.25, -0.2) is 0 Å². The normalized spacial score (nSPS) is 18.1. The summed E-state index contributed by atoms with van der Waals surface area (Å²) >= 11 is 6.21. The van der Waals surface area contributed by atoms with Gasteiger partial charge in [0.1, 0.15) is 0 Å². The van der Waals surface area contributed by atoms with E-state index in [9.17, 15) is 5.11 Å². The Morgan fingerprint density at radius 3 is 2.18 bits per heavy atom. The summed E-state index contributed by atoms with van der Waals surface area (Å²) in [7, 11) is 3.15. The van der Waals surface area contributed by atoms with Gasteiger partial charge in [0, 0.05) is 11.6 Å². The molecule has 0 atom stereocenters. The Bertz CT molecular complexity index is 411. The van der Waals surface area contributed by atoms with Crippen molar-refractivity contribution in [3.63, 3.8) is 0 Å². The van der Waals surface area contributed by atoms with E-state index in [1.54, 1.807) is 26.4 Å². The van der Waals surface area contributed by atoms with E-state index in [1.807, 2.05) is 0 Å². The van der Waals surface area contributed by atoms with Crippen LogP contribution in [0.1, 0.15) is 31.2 Å². The zero-order valence-corrected chi connectivity index (χ0v) is 10.9. The van der Waals surface area contributed by atoms with Crippen molar-refractivity contribution >= 4 is 11.6 Å². The van der Waals surface area contributed by atoms with Crippen LogP contribution in [-0.2, 0) is 5.60 Å². The lowest BCUT2D eigenvalue weighted by atomic mass is 9.92. The minimum Gasteiger partial charge on any atom is -0.493 e. The van der Waals surface area contributed by atoms with Gasteiger partial charge in [-0.1, -0.05) is 24.4 Å². The van der Waals surface area contributed by atoms with Crippen LogP contribution in [0.3, 0.4) is 0 Å². The number of rotatable bonds is 3. The molecule has 0 unspecified atom stereocenters. The van der Waals surface area contributed by atoms with Crippen molar-refractivity contribution in [3.05, 3.63) is 22.7 Å². The fourth-order valence-corrected chi connectivity index (χ4v) is 2.77. The number of methoxy groups -OCH3 is 2. The molecular formula is C13H17ClO3. The molecule has 0 heterocycles. The third-order valence-electron chi connectivity index (χ3n) is 3.41. The van der Waals surface area contributed by atoms with Crippen molar-refractivity contribution in [2.24, 2.45) is 0 Å². The van der Waals surface area contributed by atoms with Crippen molar-refractivity contribution in [3.8, 4) is 11.5 Å². The molecule has 94 valence electrons. The zero-order valence-electron chi connectivity index (χ0n) is 10.1. The molecule has 1 aromatic rings. The minimum absolute atomic E-state index is 0.534. The average Bonchev–Trinajstić information content (AvgIpc) is 2.76. The highest BCUT2D eigenvalue weighted by atomic mass is 35.5. The molecule has 1 aromatic carbocycles. The number of aliphatic hydroxyl groups is 1. The topological polar surface area (TPSA) is 38.7 Å². The van der Waals surface area contributed by atoms with Gasteiger partial charge in [0.05, 0.1) is 24.8 Å². The predicted octanol–water partition coefficient (Wildman–Crippen LogP) is 3.12. The van der Waals surface area contributed by atoms with Crippen LogP contribution >= 0.6 is 11.6 Å². The molecule has 0 aliphatic heterocycles. The Morgan fingerprint density at radius 1 is 1.12 bits per heavy atom. The molecule has 1 saturated carbocycles. The molecule has 0 amide bonds. The maximum absolute atomic E-state index is 10.5. The van der Waals surface area contributed by atoms with Crippen LogP contribution in [0.4, 0.5) is 0 Å². The second-order valence-corrected chi connectivity index (χ2v) is 4.83. The molecule has 17 heavy (non-hydrogen) atoms. The van der Waals surface area contributed by atoms with Gasteiger partial charge in [0.2, 0.25) is 0 Å². The lowest BCUT2D eigenvalue weighted by Gasteiger charge is -2.25. The van der Waals surface area contributed by atoms with Crippen LogP contribution in [-0.4, -0.2) is 19.3 Å². The summed E-state index contributed by atoms with van der Waals surface area (Å²) in [5, 5.41) is 11.1. The molecular weight excluding hydrogens is 240 g/mol. The van der Waals surface area contributed by atoms with E-state index in [0.717, 1.165) is 31.2 Å². The lowest BCUT2D eigenvalue weighted by Crippen LogP contribution is -2.21. The number of benzene rings is 1. The van der Waals surface area contributed by atoms with Crippen LogP contribution < -0.4 is 9.47 Å². The van der Waals surface area contributed by atoms with E-state index in [4.69, 9.17) is 21.1 Å². The van der Waals surface area contributed by atoms with Gasteiger partial charge in [0.15, 0.2) is 11.5 Å². The van der Waals surface area contributed by atoms with Gasteiger partial charge >= 0.3 is 0 Å². The van der Waals surface area contributed by atoms with Crippen molar-refractivity contribution in [1.29, 1.82) is 0 Å². The molecule has 0 aromatic heterocycles. The Morgan fingerprint density at radius 2 is 1.65 bits per heavy atom. The number of halogens is 1. The predicted molar refractivity (Wildman–Crippen MR) is 66.9 cm³/mol. The molecule has 1 N–H and O–H groups in total. The molecule has 1 aliphatic rings. The average molecular weight is 257 g/mol. The summed E-state index contributed by atoms with van der Waals surface area (Å²) in [6.45, 7) is 0. The smallest absolute Gasteiger partial charge is 0.162 e. The summed E-state index contributed by atoms with van der Waals surface area (Å²) in [5.74, 6) is 1.19. The van der Waals surface area contributed by atoms with Gasteiger partial charge in [-0.3, -0.25) is 0 Å². The van der Waals surface area contributed by atoms with Crippen LogP contribution in [0.5, 0.6) is 11.5 Å². The third-order valence-corrected chi connectivity index (χ3v) is 3.72. The van der Waals surface area contributed by atoms with Crippen molar-refractivity contribution in [1.82, 2.24) is 0 Å². The molecule has 2 rings (SSSR count). The van der Waals surface area contributed by atoms with E-state index in [1.165, 1.54) is 0 Å². The van der Waals surface area contributed by atoms with Crippen molar-refractivity contribution < 1.29 is 14.6 Å². The number of hydrogen-bond donors (Lipinski definition) is 1. The summed E-state index contributed by atoms with van der Waals surface area (Å²) in [6.07, 6.45) is 3.56. The van der Waals surface area contributed by atoms with Crippen LogP contribution in [0.15, 0.2) is 12.1 Å². The fraction of sp³-hybridized carbons (Fsp3) is 0.538. The summed E-state index contributed by atoms with van der Waals surface area (Å²) in [5.41, 5.74) is -0.0642. The summed E-state index contributed by atoms with van der Waals surface area (Å²) in [4.78, 5) is 0. The van der Waals surface area contributed by atoms with Gasteiger partial charge in [-0.2, -0.15) is 0 Å². The second kappa shape index (κ2) is 4.75. The van der Waals surface area contributed by atoms with E-state index < -0.39 is 5.60 Å². The molecule has 0 saturated heterocycles. The third kappa shape index (κ3) is 2.22. The Hall–Kier alpha value is -0.930. The molecule has 0 radical (unpaired) electrons. The second-order valence-electron chi connectivity index (χ2n) is 4.43. The molecule has 3 nitrogen and oxygen atoms in total. The van der Waals surface area contributed by atoms with Crippen LogP contribution in [0, 0.1) is 0 Å². The Labute approximate surface area is 106 Å². The first-order chi connectivity index (χ1) is 8.10. The van der Waals surface area contributed by atoms with E-state index in [2.05, 4.69) is 0 Å². The maximum atomic E-state index is 10.5. The first kappa shape index (κ1) is 12.5. The fourth-order valence-electron chi connectivity index (χ4n) is 2.44. The number of ether oxygens (including phenoxy) is 2. The van der Waals surface area contributed by atoms with Crippen molar-refractivity contribution in [2.75, 3.05) is 14.2 Å². The summed E-state index contributed by atoms with van der Waals surface area (Å²) in [6, 6.07) is 3.48. The zero-order chi connectivity index (χ0) is 12.5. The molecule has 1 fully saturated rings. The SMILES string of the molecule is COc1cc(Cl)c(C2(O)CCCC2)cc1OC. The van der Waals surface area contributed by atoms with Crippen LogP contribution in [0.2, 0.25) is 5.02 Å². The highest BCUT2D eigenvalue weighted by Gasteiger charge is 2.35. The largest absolute Gasteiger partial charge is 0.493 e. The van der Waals surface area contributed by atoms with Crippen molar-refractivity contribution in [2.45, 2.75) is 31.3 Å². The first-order valence-corrected chi connectivity index (χ1v) is 6.13. The minimum atomic E-state index is -0.809. The van der Waals surface area contributed by atoms with Gasteiger partial charge in [0.25, 0.3) is 0 Å². The van der Waals surface area contributed by atoms with E-state index in [0.29, 0.717) is 16.5 Å². The quantitative estimate of drug-likeness (QED) is 0.903. The van der Waals surface area contributed by atoms with Gasteiger partial charge in [-0.15, -0.1) is 0 Å². The van der Waals surface area contributed by atoms with Gasteiger partial charge < -0.3 is 14.6 Å². The standard InChI is InChI=1S/C13H17ClO3/c1-16-11-7-9(10(14)8-12(11)17-2)13(15)5-3-4-6-13/h7-8,15H,3-6H2,1-2H3. The lowest BCUT2D eigenvalue weighted by molar-refractivity contribution is 0.0443. The molecule has 4 heteroatoms. The maximum Gasteiger partial charge on any atom is 0.162 e. The van der Waals surface area contributed by atoms with E-state index >= 15 is 0 Å². The van der Waals surface area contributed by atoms with Gasteiger partial charge in [-0.05, 0) is 18.9 Å². The van der Waals surface area contributed by atoms with E-state index in [-0.39, 0.29) is 0 Å². The molecule has 1 aliphatic carbocycles. The first-order valence-electron chi connectivity index (χ1n) is 5.75. The number of hydrogen-bond acceptors (Lipinski definition) is 3. The molecule has 0 bridgehead atoms. The van der Waals surface area contributed by atoms with Crippen LogP contribution in [0.25, 0.3) is 0 Å². The highest BCUT2D eigenvalue weighted by Crippen LogP contribution is 2.45. The Kier molecular flexibility index (Phi) is 3.50. The Balaban J connectivity index is 2.47. The summed E-state index contributed by atoms with van der Waals surface area (Å²) < 4.78 is 10.4.